The van der Waals surface area contributed by atoms with Crippen molar-refractivity contribution in [1.29, 1.82) is 0 Å². The van der Waals surface area contributed by atoms with Crippen LogP contribution < -0.4 is 15.6 Å². The Labute approximate surface area is 182 Å². The Kier molecular flexibility index (Phi) is 6.03. The summed E-state index contributed by atoms with van der Waals surface area (Å²) in [5.41, 5.74) is 2.47. The molecular formula is C22H21N5O3S. The summed E-state index contributed by atoms with van der Waals surface area (Å²) in [5, 5.41) is 10.3. The van der Waals surface area contributed by atoms with Crippen molar-refractivity contribution in [1.82, 2.24) is 19.7 Å². The predicted molar refractivity (Wildman–Crippen MR) is 121 cm³/mol. The fourth-order valence-corrected chi connectivity index (χ4v) is 3.92. The summed E-state index contributed by atoms with van der Waals surface area (Å²) in [4.78, 5) is 30.2. The predicted octanol–water partition coefficient (Wildman–Crippen LogP) is 3.55. The Morgan fingerprint density at radius 3 is 2.71 bits per heavy atom. The van der Waals surface area contributed by atoms with Gasteiger partial charge in [-0.25, -0.2) is 4.98 Å². The lowest BCUT2D eigenvalue weighted by Gasteiger charge is -2.14. The van der Waals surface area contributed by atoms with Crippen LogP contribution in [-0.4, -0.2) is 38.0 Å². The molecule has 2 aromatic carbocycles. The topological polar surface area (TPSA) is 102 Å². The third kappa shape index (κ3) is 4.46. The molecule has 0 unspecified atom stereocenters. The molecule has 0 atom stereocenters. The van der Waals surface area contributed by atoms with Crippen LogP contribution in [0.5, 0.6) is 5.75 Å². The van der Waals surface area contributed by atoms with Gasteiger partial charge in [0.1, 0.15) is 11.1 Å². The monoisotopic (exact) mass is 435 g/mol. The van der Waals surface area contributed by atoms with Crippen LogP contribution in [0.4, 0.5) is 5.69 Å². The van der Waals surface area contributed by atoms with E-state index < -0.39 is 0 Å². The molecule has 158 valence electrons. The van der Waals surface area contributed by atoms with Gasteiger partial charge in [-0.05, 0) is 49.7 Å². The summed E-state index contributed by atoms with van der Waals surface area (Å²) >= 11 is 1.19. The first-order valence-corrected chi connectivity index (χ1v) is 10.7. The average Bonchev–Trinajstić information content (AvgIpc) is 3.24. The molecule has 0 aliphatic carbocycles. The number of para-hydroxylation sites is 1. The zero-order valence-corrected chi connectivity index (χ0v) is 17.9. The highest BCUT2D eigenvalue weighted by Gasteiger charge is 2.17. The minimum Gasteiger partial charge on any atom is -0.494 e. The summed E-state index contributed by atoms with van der Waals surface area (Å²) in [6, 6.07) is 14.7. The van der Waals surface area contributed by atoms with Crippen LogP contribution in [0.1, 0.15) is 12.5 Å². The standard InChI is InChI=1S/C22H21N5O3S/c1-3-30-16-10-8-15(9-11-16)24-19(28)13-31-22-25-20-17(12-23-26-20)21(29)27(22)18-7-5-4-6-14(18)2/h4-12H,3,13H2,1-2H3,(H,23,26)(H,24,28). The number of aromatic nitrogens is 4. The number of rotatable bonds is 7. The summed E-state index contributed by atoms with van der Waals surface area (Å²) in [6.45, 7) is 4.42. The number of anilines is 1. The Hall–Kier alpha value is -3.59. The number of thioether (sulfide) groups is 1. The number of hydrogen-bond donors (Lipinski definition) is 2. The SMILES string of the molecule is CCOc1ccc(NC(=O)CSc2nc3[nH]ncc3c(=O)n2-c2ccccc2C)cc1. The molecule has 0 spiro atoms. The molecule has 4 aromatic rings. The zero-order valence-electron chi connectivity index (χ0n) is 17.1. The molecule has 0 radical (unpaired) electrons. The summed E-state index contributed by atoms with van der Waals surface area (Å²) in [7, 11) is 0. The van der Waals surface area contributed by atoms with Crippen LogP contribution in [0.25, 0.3) is 16.7 Å². The lowest BCUT2D eigenvalue weighted by Crippen LogP contribution is -2.23. The quantitative estimate of drug-likeness (QED) is 0.340. The van der Waals surface area contributed by atoms with Crippen molar-refractivity contribution >= 4 is 34.4 Å². The molecule has 2 N–H and O–H groups in total. The lowest BCUT2D eigenvalue weighted by atomic mass is 10.2. The Morgan fingerprint density at radius 1 is 1.19 bits per heavy atom. The van der Waals surface area contributed by atoms with E-state index in [0.717, 1.165) is 17.0 Å². The molecule has 4 rings (SSSR count). The number of H-pyrrole nitrogens is 1. The molecule has 0 fully saturated rings. The number of amides is 1. The van der Waals surface area contributed by atoms with Crippen LogP contribution in [0.2, 0.25) is 0 Å². The third-order valence-corrected chi connectivity index (χ3v) is 5.53. The number of carbonyl (C=O) groups excluding carboxylic acids is 1. The van der Waals surface area contributed by atoms with Crippen molar-refractivity contribution in [2.24, 2.45) is 0 Å². The van der Waals surface area contributed by atoms with Crippen LogP contribution in [0, 0.1) is 6.92 Å². The number of aromatic amines is 1. The molecule has 9 heteroatoms. The molecule has 8 nitrogen and oxygen atoms in total. The minimum atomic E-state index is -0.234. The molecule has 0 bridgehead atoms. The highest BCUT2D eigenvalue weighted by molar-refractivity contribution is 7.99. The second-order valence-electron chi connectivity index (χ2n) is 6.75. The van der Waals surface area contributed by atoms with Crippen molar-refractivity contribution in [2.45, 2.75) is 19.0 Å². The van der Waals surface area contributed by atoms with Gasteiger partial charge in [0, 0.05) is 5.69 Å². The van der Waals surface area contributed by atoms with Gasteiger partial charge >= 0.3 is 0 Å². The number of hydrogen-bond acceptors (Lipinski definition) is 6. The molecule has 0 saturated carbocycles. The van der Waals surface area contributed by atoms with E-state index in [-0.39, 0.29) is 17.2 Å². The zero-order chi connectivity index (χ0) is 21.8. The lowest BCUT2D eigenvalue weighted by molar-refractivity contribution is -0.113. The Balaban J connectivity index is 1.58. The van der Waals surface area contributed by atoms with Crippen molar-refractivity contribution in [3.63, 3.8) is 0 Å². The Morgan fingerprint density at radius 2 is 1.97 bits per heavy atom. The van der Waals surface area contributed by atoms with Gasteiger partial charge in [-0.2, -0.15) is 5.10 Å². The summed E-state index contributed by atoms with van der Waals surface area (Å²) in [6.07, 6.45) is 1.46. The van der Waals surface area contributed by atoms with E-state index in [2.05, 4.69) is 20.5 Å². The van der Waals surface area contributed by atoms with Crippen molar-refractivity contribution in [2.75, 3.05) is 17.7 Å². The smallest absolute Gasteiger partial charge is 0.269 e. The molecule has 1 amide bonds. The Bertz CT molecular complexity index is 1280. The number of aryl methyl sites for hydroxylation is 1. The fraction of sp³-hybridized carbons (Fsp3) is 0.182. The largest absolute Gasteiger partial charge is 0.494 e. The van der Waals surface area contributed by atoms with Gasteiger partial charge < -0.3 is 10.1 Å². The molecular weight excluding hydrogens is 414 g/mol. The number of benzene rings is 2. The highest BCUT2D eigenvalue weighted by atomic mass is 32.2. The average molecular weight is 436 g/mol. The van der Waals surface area contributed by atoms with E-state index in [0.29, 0.717) is 28.5 Å². The molecule has 0 aliphatic heterocycles. The molecule has 0 aliphatic rings. The minimum absolute atomic E-state index is 0.0885. The van der Waals surface area contributed by atoms with Gasteiger partial charge in [0.05, 0.1) is 24.2 Å². The van der Waals surface area contributed by atoms with E-state index in [1.54, 1.807) is 24.3 Å². The van der Waals surface area contributed by atoms with E-state index in [4.69, 9.17) is 4.74 Å². The van der Waals surface area contributed by atoms with Crippen LogP contribution in [0.15, 0.2) is 64.7 Å². The third-order valence-electron chi connectivity index (χ3n) is 4.59. The van der Waals surface area contributed by atoms with E-state index in [1.807, 2.05) is 38.1 Å². The van der Waals surface area contributed by atoms with Crippen LogP contribution in [0.3, 0.4) is 0 Å². The number of carbonyl (C=O) groups is 1. The van der Waals surface area contributed by atoms with E-state index in [1.165, 1.54) is 22.5 Å². The maximum atomic E-state index is 13.1. The highest BCUT2D eigenvalue weighted by Crippen LogP contribution is 2.23. The van der Waals surface area contributed by atoms with E-state index in [9.17, 15) is 9.59 Å². The summed E-state index contributed by atoms with van der Waals surface area (Å²) in [5.74, 6) is 0.629. The van der Waals surface area contributed by atoms with Crippen LogP contribution in [-0.2, 0) is 4.79 Å². The van der Waals surface area contributed by atoms with Gasteiger partial charge in [-0.3, -0.25) is 19.3 Å². The molecule has 2 aromatic heterocycles. The second-order valence-corrected chi connectivity index (χ2v) is 7.69. The van der Waals surface area contributed by atoms with Gasteiger partial charge in [0.15, 0.2) is 10.8 Å². The van der Waals surface area contributed by atoms with Gasteiger partial charge in [0.25, 0.3) is 5.56 Å². The van der Waals surface area contributed by atoms with Crippen molar-refractivity contribution in [3.8, 4) is 11.4 Å². The first-order valence-electron chi connectivity index (χ1n) is 9.74. The number of nitrogens with one attached hydrogen (secondary N) is 2. The van der Waals surface area contributed by atoms with Gasteiger partial charge in [0.2, 0.25) is 5.91 Å². The van der Waals surface area contributed by atoms with Crippen molar-refractivity contribution in [3.05, 3.63) is 70.6 Å². The molecule has 2 heterocycles. The maximum absolute atomic E-state index is 13.1. The van der Waals surface area contributed by atoms with Gasteiger partial charge in [-0.15, -0.1) is 0 Å². The number of fused-ring (bicyclic) bond motifs is 1. The number of nitrogens with zero attached hydrogens (tertiary/aromatic N) is 3. The van der Waals surface area contributed by atoms with E-state index >= 15 is 0 Å². The molecule has 31 heavy (non-hydrogen) atoms. The molecule has 0 saturated heterocycles. The first kappa shape index (κ1) is 20.7. The fourth-order valence-electron chi connectivity index (χ4n) is 3.13. The first-order chi connectivity index (χ1) is 15.1. The second kappa shape index (κ2) is 9.05. The summed E-state index contributed by atoms with van der Waals surface area (Å²) < 4.78 is 6.94. The number of ether oxygens (including phenoxy) is 1. The normalized spacial score (nSPS) is 10.9. The van der Waals surface area contributed by atoms with Gasteiger partial charge in [-0.1, -0.05) is 30.0 Å². The van der Waals surface area contributed by atoms with Crippen molar-refractivity contribution < 1.29 is 9.53 Å². The maximum Gasteiger partial charge on any atom is 0.269 e. The van der Waals surface area contributed by atoms with Crippen LogP contribution >= 0.6 is 11.8 Å².